The zero-order valence-electron chi connectivity index (χ0n) is 17.1. The van der Waals surface area contributed by atoms with Crippen LogP contribution in [0.25, 0.3) is 16.7 Å². The molecule has 2 aromatic heterocycles. The molecule has 7 nitrogen and oxygen atoms in total. The molecule has 0 saturated heterocycles. The van der Waals surface area contributed by atoms with Crippen molar-refractivity contribution < 1.29 is 4.79 Å². The number of carbonyl (C=O) groups is 1. The molecule has 0 unspecified atom stereocenters. The van der Waals surface area contributed by atoms with Crippen molar-refractivity contribution in [3.63, 3.8) is 0 Å². The molecule has 158 valence electrons. The number of hydrogen-bond acceptors (Lipinski definition) is 4. The summed E-state index contributed by atoms with van der Waals surface area (Å²) in [4.78, 5) is 29.6. The van der Waals surface area contributed by atoms with Crippen molar-refractivity contribution >= 4 is 34.2 Å². The normalized spacial score (nSPS) is 11.0. The number of rotatable bonds is 7. The lowest BCUT2D eigenvalue weighted by Crippen LogP contribution is -2.27. The molecule has 1 amide bonds. The maximum atomic E-state index is 12.8. The van der Waals surface area contributed by atoms with Gasteiger partial charge in [-0.1, -0.05) is 43.1 Å². The molecule has 0 fully saturated rings. The maximum absolute atomic E-state index is 12.8. The first-order valence-electron chi connectivity index (χ1n) is 10.1. The van der Waals surface area contributed by atoms with Crippen molar-refractivity contribution in [3.8, 4) is 5.69 Å². The molecule has 0 bridgehead atoms. The SMILES string of the molecule is CCCCc1ccc(NC(=O)Cn2cnc3c(cnn3-c3cccc(Cl)c3)c2=O)cc1. The van der Waals surface area contributed by atoms with Crippen molar-refractivity contribution in [1.29, 1.82) is 0 Å². The van der Waals surface area contributed by atoms with Gasteiger partial charge in [0.05, 0.1) is 11.9 Å². The summed E-state index contributed by atoms with van der Waals surface area (Å²) in [6, 6.07) is 14.9. The monoisotopic (exact) mass is 435 g/mol. The summed E-state index contributed by atoms with van der Waals surface area (Å²) < 4.78 is 2.82. The number of amides is 1. The van der Waals surface area contributed by atoms with Gasteiger partial charge in [-0.25, -0.2) is 9.67 Å². The Hall–Kier alpha value is -3.45. The van der Waals surface area contributed by atoms with Crippen LogP contribution in [0.5, 0.6) is 0 Å². The van der Waals surface area contributed by atoms with Crippen LogP contribution in [-0.4, -0.2) is 25.2 Å². The molecule has 0 aliphatic carbocycles. The lowest BCUT2D eigenvalue weighted by molar-refractivity contribution is -0.116. The summed E-state index contributed by atoms with van der Waals surface area (Å²) in [5.74, 6) is -0.299. The highest BCUT2D eigenvalue weighted by Gasteiger charge is 2.13. The highest BCUT2D eigenvalue weighted by Crippen LogP contribution is 2.17. The third-order valence-electron chi connectivity index (χ3n) is 4.98. The van der Waals surface area contributed by atoms with Crippen LogP contribution >= 0.6 is 11.6 Å². The van der Waals surface area contributed by atoms with E-state index in [1.807, 2.05) is 30.3 Å². The van der Waals surface area contributed by atoms with Crippen molar-refractivity contribution in [1.82, 2.24) is 19.3 Å². The molecule has 4 rings (SSSR count). The molecule has 0 spiro atoms. The van der Waals surface area contributed by atoms with Crippen molar-refractivity contribution in [3.05, 3.63) is 82.0 Å². The van der Waals surface area contributed by atoms with Gasteiger partial charge in [-0.15, -0.1) is 0 Å². The van der Waals surface area contributed by atoms with E-state index in [0.717, 1.165) is 19.3 Å². The number of aromatic nitrogens is 4. The molecule has 0 radical (unpaired) electrons. The van der Waals surface area contributed by atoms with Crippen LogP contribution in [0, 0.1) is 0 Å². The number of hydrogen-bond donors (Lipinski definition) is 1. The minimum atomic E-state index is -0.330. The largest absolute Gasteiger partial charge is 0.325 e. The second-order valence-electron chi connectivity index (χ2n) is 7.30. The van der Waals surface area contributed by atoms with E-state index in [4.69, 9.17) is 11.6 Å². The Labute approximate surface area is 184 Å². The van der Waals surface area contributed by atoms with E-state index in [2.05, 4.69) is 22.3 Å². The van der Waals surface area contributed by atoms with Crippen LogP contribution in [-0.2, 0) is 17.8 Å². The lowest BCUT2D eigenvalue weighted by Gasteiger charge is -2.08. The fourth-order valence-corrected chi connectivity index (χ4v) is 3.53. The zero-order valence-corrected chi connectivity index (χ0v) is 17.8. The van der Waals surface area contributed by atoms with Gasteiger partial charge in [0.25, 0.3) is 5.56 Å². The van der Waals surface area contributed by atoms with Gasteiger partial charge < -0.3 is 5.32 Å². The van der Waals surface area contributed by atoms with Gasteiger partial charge in [-0.3, -0.25) is 14.2 Å². The van der Waals surface area contributed by atoms with Crippen LogP contribution in [0.3, 0.4) is 0 Å². The number of unbranched alkanes of at least 4 members (excludes halogenated alkanes) is 1. The van der Waals surface area contributed by atoms with Gasteiger partial charge >= 0.3 is 0 Å². The van der Waals surface area contributed by atoms with Crippen LogP contribution in [0.1, 0.15) is 25.3 Å². The van der Waals surface area contributed by atoms with Gasteiger partial charge in [-0.05, 0) is 48.7 Å². The van der Waals surface area contributed by atoms with Gasteiger partial charge in [0.1, 0.15) is 18.3 Å². The number of aryl methyl sites for hydroxylation is 1. The van der Waals surface area contributed by atoms with E-state index in [1.54, 1.807) is 22.9 Å². The molecule has 2 heterocycles. The standard InChI is InChI=1S/C23H22ClN5O2/c1-2-3-5-16-8-10-18(11-9-16)27-21(30)14-28-15-25-22-20(23(28)31)13-26-29(22)19-7-4-6-17(24)12-19/h4,6-13,15H,2-3,5,14H2,1H3,(H,27,30). The number of fused-ring (bicyclic) bond motifs is 1. The first kappa shape index (κ1) is 20.8. The second kappa shape index (κ2) is 9.14. The Bertz CT molecular complexity index is 1280. The quantitative estimate of drug-likeness (QED) is 0.471. The van der Waals surface area contributed by atoms with E-state index in [1.165, 1.54) is 22.7 Å². The first-order chi connectivity index (χ1) is 15.0. The van der Waals surface area contributed by atoms with Crippen molar-refractivity contribution in [2.45, 2.75) is 32.7 Å². The smallest absolute Gasteiger partial charge is 0.264 e. The summed E-state index contributed by atoms with van der Waals surface area (Å²) in [5, 5.41) is 7.98. The topological polar surface area (TPSA) is 81.8 Å². The highest BCUT2D eigenvalue weighted by atomic mass is 35.5. The molecule has 4 aromatic rings. The molecule has 0 saturated carbocycles. The third-order valence-corrected chi connectivity index (χ3v) is 5.21. The minimum absolute atomic E-state index is 0.137. The van der Waals surface area contributed by atoms with Gasteiger partial charge in [0, 0.05) is 10.7 Å². The molecule has 8 heteroatoms. The number of anilines is 1. The van der Waals surface area contributed by atoms with Gasteiger partial charge in [0.15, 0.2) is 5.65 Å². The lowest BCUT2D eigenvalue weighted by atomic mass is 10.1. The van der Waals surface area contributed by atoms with E-state index in [-0.39, 0.29) is 18.0 Å². The van der Waals surface area contributed by atoms with Crippen molar-refractivity contribution in [2.24, 2.45) is 0 Å². The number of nitrogens with zero attached hydrogens (tertiary/aromatic N) is 4. The summed E-state index contributed by atoms with van der Waals surface area (Å²) >= 11 is 6.05. The van der Waals surface area contributed by atoms with Gasteiger partial charge in [0.2, 0.25) is 5.91 Å². The predicted molar refractivity (Wildman–Crippen MR) is 122 cm³/mol. The second-order valence-corrected chi connectivity index (χ2v) is 7.74. The molecule has 2 aromatic carbocycles. The predicted octanol–water partition coefficient (Wildman–Crippen LogP) is 4.22. The Kier molecular flexibility index (Phi) is 6.13. The summed E-state index contributed by atoms with van der Waals surface area (Å²) in [6.07, 6.45) is 6.12. The molecule has 0 aliphatic rings. The number of nitrogens with one attached hydrogen (secondary N) is 1. The van der Waals surface area contributed by atoms with Crippen LogP contribution in [0.2, 0.25) is 5.02 Å². The van der Waals surface area contributed by atoms with Crippen molar-refractivity contribution in [2.75, 3.05) is 5.32 Å². The highest BCUT2D eigenvalue weighted by molar-refractivity contribution is 6.30. The number of halogens is 1. The van der Waals surface area contributed by atoms with E-state index < -0.39 is 0 Å². The molecule has 1 N–H and O–H groups in total. The number of benzene rings is 2. The average molecular weight is 436 g/mol. The van der Waals surface area contributed by atoms with Crippen LogP contribution < -0.4 is 10.9 Å². The van der Waals surface area contributed by atoms with Crippen LogP contribution in [0.4, 0.5) is 5.69 Å². The fourth-order valence-electron chi connectivity index (χ4n) is 3.35. The summed E-state index contributed by atoms with van der Waals surface area (Å²) in [7, 11) is 0. The zero-order chi connectivity index (χ0) is 21.8. The molecule has 0 atom stereocenters. The average Bonchev–Trinajstić information content (AvgIpc) is 3.20. The summed E-state index contributed by atoms with van der Waals surface area (Å²) in [6.45, 7) is 2.02. The first-order valence-corrected chi connectivity index (χ1v) is 10.5. The fraction of sp³-hybridized carbons (Fsp3) is 0.217. The Balaban J connectivity index is 1.50. The molecule has 31 heavy (non-hydrogen) atoms. The maximum Gasteiger partial charge on any atom is 0.264 e. The Morgan fingerprint density at radius 3 is 2.71 bits per heavy atom. The minimum Gasteiger partial charge on any atom is -0.325 e. The third kappa shape index (κ3) is 4.67. The Morgan fingerprint density at radius 2 is 1.97 bits per heavy atom. The van der Waals surface area contributed by atoms with E-state index >= 15 is 0 Å². The van der Waals surface area contributed by atoms with Crippen LogP contribution in [0.15, 0.2) is 65.8 Å². The van der Waals surface area contributed by atoms with E-state index in [0.29, 0.717) is 27.4 Å². The number of carbonyl (C=O) groups excluding carboxylic acids is 1. The molecular weight excluding hydrogens is 414 g/mol. The molecule has 0 aliphatic heterocycles. The Morgan fingerprint density at radius 1 is 1.16 bits per heavy atom. The van der Waals surface area contributed by atoms with E-state index in [9.17, 15) is 9.59 Å². The van der Waals surface area contributed by atoms with Gasteiger partial charge in [-0.2, -0.15) is 5.10 Å². The molecular formula is C23H22ClN5O2. The summed E-state index contributed by atoms with van der Waals surface area (Å²) in [5.41, 5.74) is 2.71.